The Morgan fingerprint density at radius 1 is 1.00 bits per heavy atom. The molecule has 140 valence electrons. The lowest BCUT2D eigenvalue weighted by Crippen LogP contribution is -2.42. The minimum Gasteiger partial charge on any atom is -0.282 e. The Labute approximate surface area is 149 Å². The topological polar surface area (TPSA) is 80.8 Å². The summed E-state index contributed by atoms with van der Waals surface area (Å²) in [6, 6.07) is 0. The van der Waals surface area contributed by atoms with Gasteiger partial charge in [-0.15, -0.1) is 0 Å². The summed E-state index contributed by atoms with van der Waals surface area (Å²) < 4.78 is 29.1. The Morgan fingerprint density at radius 2 is 1.60 bits per heavy atom. The highest BCUT2D eigenvalue weighted by Gasteiger charge is 2.61. The molecule has 4 fully saturated rings. The maximum Gasteiger partial charge on any atom is 0.267 e. The first-order valence-corrected chi connectivity index (χ1v) is 11.2. The molecule has 1 heterocycles. The fraction of sp³-hybridized carbons (Fsp3) is 0.889. The molecule has 0 spiro atoms. The molecule has 0 aromatic heterocycles. The average Bonchev–Trinajstić information content (AvgIpc) is 3.26. The van der Waals surface area contributed by atoms with Crippen molar-refractivity contribution in [2.24, 2.45) is 29.6 Å². The van der Waals surface area contributed by atoms with Crippen LogP contribution in [0.1, 0.15) is 51.9 Å². The molecule has 6 atom stereocenters. The summed E-state index contributed by atoms with van der Waals surface area (Å²) >= 11 is 0. The van der Waals surface area contributed by atoms with Gasteiger partial charge in [-0.25, -0.2) is 0 Å². The third-order valence-corrected chi connectivity index (χ3v) is 8.15. The minimum atomic E-state index is -3.52. The number of carbonyl (C=O) groups is 2. The van der Waals surface area contributed by atoms with Crippen LogP contribution in [0.5, 0.6) is 0 Å². The zero-order chi connectivity index (χ0) is 17.8. The summed E-state index contributed by atoms with van der Waals surface area (Å²) in [6.45, 7) is 1.89. The van der Waals surface area contributed by atoms with Crippen molar-refractivity contribution < 1.29 is 22.2 Å². The van der Waals surface area contributed by atoms with Crippen molar-refractivity contribution in [3.63, 3.8) is 0 Å². The zero-order valence-electron chi connectivity index (χ0n) is 14.7. The van der Waals surface area contributed by atoms with E-state index in [1.165, 1.54) is 4.90 Å². The van der Waals surface area contributed by atoms with Gasteiger partial charge in [0, 0.05) is 12.5 Å². The number of hydrogen-bond donors (Lipinski definition) is 0. The van der Waals surface area contributed by atoms with Gasteiger partial charge >= 0.3 is 0 Å². The Hall–Kier alpha value is -0.950. The van der Waals surface area contributed by atoms with Crippen LogP contribution < -0.4 is 0 Å². The van der Waals surface area contributed by atoms with E-state index in [-0.39, 0.29) is 35.3 Å². The van der Waals surface area contributed by atoms with Crippen LogP contribution in [0.25, 0.3) is 0 Å². The lowest BCUT2D eigenvalue weighted by atomic mass is 9.81. The smallest absolute Gasteiger partial charge is 0.267 e. The molecular weight excluding hydrogens is 342 g/mol. The molecule has 7 heteroatoms. The molecule has 0 N–H and O–H groups in total. The van der Waals surface area contributed by atoms with E-state index in [4.69, 9.17) is 4.18 Å². The van der Waals surface area contributed by atoms with Crippen molar-refractivity contribution >= 4 is 21.9 Å². The second-order valence-corrected chi connectivity index (χ2v) is 10.1. The van der Waals surface area contributed by atoms with Gasteiger partial charge in [0.05, 0.1) is 23.7 Å². The highest BCUT2D eigenvalue weighted by atomic mass is 32.2. The predicted molar refractivity (Wildman–Crippen MR) is 90.8 cm³/mol. The third kappa shape index (κ3) is 2.93. The molecule has 2 amide bonds. The number of imide groups is 1. The fourth-order valence-electron chi connectivity index (χ4n) is 5.65. The number of rotatable bonds is 5. The molecule has 2 bridgehead atoms. The number of amides is 2. The van der Waals surface area contributed by atoms with E-state index in [0.717, 1.165) is 38.5 Å². The van der Waals surface area contributed by atoms with Crippen molar-refractivity contribution in [3.05, 3.63) is 0 Å². The second kappa shape index (κ2) is 6.34. The molecule has 3 saturated carbocycles. The lowest BCUT2D eigenvalue weighted by molar-refractivity contribution is -0.142. The van der Waals surface area contributed by atoms with Gasteiger partial charge in [-0.1, -0.05) is 12.8 Å². The number of hydrogen-bond acceptors (Lipinski definition) is 5. The van der Waals surface area contributed by atoms with Crippen molar-refractivity contribution in [2.45, 2.75) is 58.0 Å². The van der Waals surface area contributed by atoms with Gasteiger partial charge in [-0.05, 0) is 50.9 Å². The van der Waals surface area contributed by atoms with Crippen LogP contribution in [0.4, 0.5) is 0 Å². The van der Waals surface area contributed by atoms with E-state index in [9.17, 15) is 18.0 Å². The maximum atomic E-state index is 12.9. The highest BCUT2D eigenvalue weighted by molar-refractivity contribution is 7.86. The summed E-state index contributed by atoms with van der Waals surface area (Å²) in [5, 5.41) is 0. The van der Waals surface area contributed by atoms with Gasteiger partial charge in [-0.2, -0.15) is 8.42 Å². The maximum absolute atomic E-state index is 12.9. The molecular formula is C18H27NO5S. The van der Waals surface area contributed by atoms with Crippen LogP contribution in [0, 0.1) is 29.6 Å². The molecule has 25 heavy (non-hydrogen) atoms. The van der Waals surface area contributed by atoms with Gasteiger partial charge < -0.3 is 0 Å². The van der Waals surface area contributed by atoms with Gasteiger partial charge in [0.15, 0.2) is 0 Å². The van der Waals surface area contributed by atoms with Crippen molar-refractivity contribution in [2.75, 3.05) is 12.3 Å². The first-order valence-electron chi connectivity index (χ1n) is 9.67. The standard InChI is InChI=1S/C18H27NO5S/c1-2-25(22,23)24-14-6-4-3-5-13(14)10-19-17(20)15-11-7-8-12(9-11)16(15)18(19)21/h11-16H,2-10H2,1H3/t11-,12+,13-,14-,15?,16?/m1/s1. The first-order chi connectivity index (χ1) is 11.9. The molecule has 6 nitrogen and oxygen atoms in total. The van der Waals surface area contributed by atoms with Crippen LogP contribution in [0.2, 0.25) is 0 Å². The minimum absolute atomic E-state index is 0.00938. The van der Waals surface area contributed by atoms with E-state index in [2.05, 4.69) is 0 Å². The lowest BCUT2D eigenvalue weighted by Gasteiger charge is -2.33. The Balaban J connectivity index is 1.49. The van der Waals surface area contributed by atoms with Gasteiger partial charge in [-0.3, -0.25) is 18.7 Å². The zero-order valence-corrected chi connectivity index (χ0v) is 15.5. The van der Waals surface area contributed by atoms with Crippen LogP contribution in [-0.4, -0.2) is 43.5 Å². The van der Waals surface area contributed by atoms with Gasteiger partial charge in [0.2, 0.25) is 11.8 Å². The summed E-state index contributed by atoms with van der Waals surface area (Å²) in [5.74, 6) is 0.424. The molecule has 1 aliphatic heterocycles. The first kappa shape index (κ1) is 17.5. The van der Waals surface area contributed by atoms with E-state index in [1.807, 2.05) is 0 Å². The van der Waals surface area contributed by atoms with Crippen molar-refractivity contribution in [1.82, 2.24) is 4.90 Å². The third-order valence-electron chi connectivity index (χ3n) is 6.90. The van der Waals surface area contributed by atoms with E-state index in [0.29, 0.717) is 24.8 Å². The van der Waals surface area contributed by atoms with Crippen LogP contribution in [-0.2, 0) is 23.9 Å². The van der Waals surface area contributed by atoms with Crippen LogP contribution in [0.15, 0.2) is 0 Å². The summed E-state index contributed by atoms with van der Waals surface area (Å²) in [7, 11) is -3.52. The van der Waals surface area contributed by atoms with Crippen molar-refractivity contribution in [3.8, 4) is 0 Å². The monoisotopic (exact) mass is 369 g/mol. The van der Waals surface area contributed by atoms with E-state index < -0.39 is 16.2 Å². The molecule has 4 aliphatic rings. The Kier molecular flexibility index (Phi) is 4.43. The molecule has 0 aromatic rings. The summed E-state index contributed by atoms with van der Waals surface area (Å²) in [5.41, 5.74) is 0. The molecule has 0 radical (unpaired) electrons. The normalized spacial score (nSPS) is 40.8. The number of fused-ring (bicyclic) bond motifs is 5. The number of likely N-dealkylation sites (tertiary alicyclic amines) is 1. The molecule has 3 aliphatic carbocycles. The predicted octanol–water partition coefficient (Wildman–Crippen LogP) is 1.94. The number of carbonyl (C=O) groups excluding carboxylic acids is 2. The molecule has 4 rings (SSSR count). The highest BCUT2D eigenvalue weighted by Crippen LogP contribution is 2.56. The number of nitrogens with zero attached hydrogens (tertiary/aromatic N) is 1. The quantitative estimate of drug-likeness (QED) is 0.546. The van der Waals surface area contributed by atoms with Crippen LogP contribution in [0.3, 0.4) is 0 Å². The molecule has 0 aromatic carbocycles. The van der Waals surface area contributed by atoms with Crippen molar-refractivity contribution in [1.29, 1.82) is 0 Å². The Bertz CT molecular complexity index is 647. The van der Waals surface area contributed by atoms with Crippen LogP contribution >= 0.6 is 0 Å². The molecule has 2 unspecified atom stereocenters. The summed E-state index contributed by atoms with van der Waals surface area (Å²) in [4.78, 5) is 27.2. The largest absolute Gasteiger partial charge is 0.282 e. The van der Waals surface area contributed by atoms with E-state index in [1.54, 1.807) is 6.92 Å². The average molecular weight is 369 g/mol. The summed E-state index contributed by atoms with van der Waals surface area (Å²) in [6.07, 6.45) is 6.18. The van der Waals surface area contributed by atoms with Gasteiger partial charge in [0.25, 0.3) is 10.1 Å². The molecule has 1 saturated heterocycles. The van der Waals surface area contributed by atoms with E-state index >= 15 is 0 Å². The SMILES string of the molecule is CCS(=O)(=O)O[C@@H]1CCCC[C@@H]1CN1C(=O)C2C(C1=O)[C@H]1CC[C@@H]2C1. The van der Waals surface area contributed by atoms with Gasteiger partial charge in [0.1, 0.15) is 0 Å². The fourth-order valence-corrected chi connectivity index (χ4v) is 6.42. The Morgan fingerprint density at radius 3 is 2.20 bits per heavy atom. The second-order valence-electron chi connectivity index (χ2n) is 8.20.